The SMILES string of the molecule is [2H]C(OC(=O)N[C@@H](CO)C(=O)O)C1c2ccccc2-c2ccccc21. The highest BCUT2D eigenvalue weighted by atomic mass is 16.5. The van der Waals surface area contributed by atoms with Gasteiger partial charge in [0.2, 0.25) is 0 Å². The van der Waals surface area contributed by atoms with Crippen LogP contribution in [0.3, 0.4) is 0 Å². The van der Waals surface area contributed by atoms with Crippen molar-refractivity contribution in [1.82, 2.24) is 5.32 Å². The summed E-state index contributed by atoms with van der Waals surface area (Å²) >= 11 is 0. The first kappa shape index (κ1) is 14.7. The van der Waals surface area contributed by atoms with E-state index in [1.54, 1.807) is 0 Å². The zero-order chi connectivity index (χ0) is 18.0. The lowest BCUT2D eigenvalue weighted by Gasteiger charge is -2.16. The van der Waals surface area contributed by atoms with Gasteiger partial charge in [-0.2, -0.15) is 0 Å². The lowest BCUT2D eigenvalue weighted by atomic mass is 9.98. The summed E-state index contributed by atoms with van der Waals surface area (Å²) in [6.07, 6.45) is -1.05. The second-order valence-corrected chi connectivity index (χ2v) is 5.41. The Hall–Kier alpha value is -2.86. The smallest absolute Gasteiger partial charge is 0.407 e. The highest BCUT2D eigenvalue weighted by molar-refractivity contribution is 5.81. The van der Waals surface area contributed by atoms with Crippen LogP contribution in [0.15, 0.2) is 48.5 Å². The molecule has 3 rings (SSSR count). The Morgan fingerprint density at radius 2 is 1.67 bits per heavy atom. The lowest BCUT2D eigenvalue weighted by molar-refractivity contribution is -0.140. The number of hydrogen-bond donors (Lipinski definition) is 3. The predicted molar refractivity (Wildman–Crippen MR) is 86.7 cm³/mol. The average Bonchev–Trinajstić information content (AvgIpc) is 2.94. The zero-order valence-electron chi connectivity index (χ0n) is 13.7. The summed E-state index contributed by atoms with van der Waals surface area (Å²) in [7, 11) is 0. The molecule has 1 aliphatic carbocycles. The number of aliphatic carboxylic acids is 1. The number of carbonyl (C=O) groups is 2. The van der Waals surface area contributed by atoms with Gasteiger partial charge in [-0.15, -0.1) is 0 Å². The summed E-state index contributed by atoms with van der Waals surface area (Å²) in [5.74, 6) is -1.84. The Morgan fingerprint density at radius 1 is 1.12 bits per heavy atom. The second kappa shape index (κ2) is 6.72. The predicted octanol–water partition coefficient (Wildman–Crippen LogP) is 1.97. The van der Waals surface area contributed by atoms with Crippen molar-refractivity contribution in [2.45, 2.75) is 12.0 Å². The normalized spacial score (nSPS) is 15.6. The van der Waals surface area contributed by atoms with E-state index in [4.69, 9.17) is 16.3 Å². The summed E-state index contributed by atoms with van der Waals surface area (Å²) in [6.45, 7) is -2.01. The number of rotatable bonds is 5. The third-order valence-corrected chi connectivity index (χ3v) is 3.97. The van der Waals surface area contributed by atoms with E-state index in [2.05, 4.69) is 0 Å². The molecule has 0 saturated carbocycles. The first-order chi connectivity index (χ1) is 12.0. The van der Waals surface area contributed by atoms with E-state index >= 15 is 0 Å². The molecule has 0 radical (unpaired) electrons. The summed E-state index contributed by atoms with van der Waals surface area (Å²) < 4.78 is 13.3. The molecule has 2 atom stereocenters. The molecule has 124 valence electrons. The fraction of sp³-hybridized carbons (Fsp3) is 0.222. The fourth-order valence-electron chi connectivity index (χ4n) is 2.83. The molecule has 2 aromatic carbocycles. The van der Waals surface area contributed by atoms with Gasteiger partial charge in [-0.3, -0.25) is 0 Å². The number of hydrogen-bond acceptors (Lipinski definition) is 4. The first-order valence-corrected chi connectivity index (χ1v) is 7.44. The minimum absolute atomic E-state index is 0.462. The number of alkyl carbamates (subject to hydrolysis) is 1. The molecule has 0 aromatic heterocycles. The van der Waals surface area contributed by atoms with Crippen LogP contribution in [0.25, 0.3) is 11.1 Å². The molecular weight excluding hydrogens is 310 g/mol. The summed E-state index contributed by atoms with van der Waals surface area (Å²) in [5, 5.41) is 19.8. The number of carboxylic acid groups (broad SMARTS) is 1. The number of fused-ring (bicyclic) bond motifs is 3. The van der Waals surface area contributed by atoms with Gasteiger partial charge in [0.25, 0.3) is 0 Å². The summed E-state index contributed by atoms with van der Waals surface area (Å²) in [4.78, 5) is 22.7. The molecule has 2 aromatic rings. The quantitative estimate of drug-likeness (QED) is 0.780. The average molecular weight is 328 g/mol. The van der Waals surface area contributed by atoms with Crippen molar-refractivity contribution in [3.63, 3.8) is 0 Å². The molecule has 1 aliphatic rings. The van der Waals surface area contributed by atoms with Crippen LogP contribution in [0.1, 0.15) is 18.4 Å². The summed E-state index contributed by atoms with van der Waals surface area (Å²) in [5.41, 5.74) is 3.74. The molecule has 0 spiro atoms. The number of ether oxygens (including phenoxy) is 1. The van der Waals surface area contributed by atoms with Crippen LogP contribution >= 0.6 is 0 Å². The Labute approximate surface area is 140 Å². The van der Waals surface area contributed by atoms with Gasteiger partial charge in [0.1, 0.15) is 6.58 Å². The second-order valence-electron chi connectivity index (χ2n) is 5.41. The highest BCUT2D eigenvalue weighted by Gasteiger charge is 2.29. The van der Waals surface area contributed by atoms with Crippen LogP contribution in [-0.4, -0.2) is 41.5 Å². The van der Waals surface area contributed by atoms with Gasteiger partial charge in [0.15, 0.2) is 6.04 Å². The van der Waals surface area contributed by atoms with Crippen molar-refractivity contribution in [3.8, 4) is 11.1 Å². The van der Waals surface area contributed by atoms with Gasteiger partial charge in [-0.05, 0) is 22.3 Å². The van der Waals surface area contributed by atoms with Gasteiger partial charge in [-0.25, -0.2) is 9.59 Å². The molecule has 0 fully saturated rings. The maximum Gasteiger partial charge on any atom is 0.407 e. The van der Waals surface area contributed by atoms with Gasteiger partial charge in [0.05, 0.1) is 7.98 Å². The molecular formula is C18H17NO5. The van der Waals surface area contributed by atoms with Crippen molar-refractivity contribution >= 4 is 12.1 Å². The van der Waals surface area contributed by atoms with Gasteiger partial charge < -0.3 is 20.3 Å². The maximum absolute atomic E-state index is 11.9. The van der Waals surface area contributed by atoms with Crippen LogP contribution < -0.4 is 5.32 Å². The van der Waals surface area contributed by atoms with E-state index in [-0.39, 0.29) is 0 Å². The van der Waals surface area contributed by atoms with E-state index in [9.17, 15) is 9.59 Å². The van der Waals surface area contributed by atoms with Crippen LogP contribution in [0, 0.1) is 0 Å². The van der Waals surface area contributed by atoms with Crippen molar-refractivity contribution in [1.29, 1.82) is 0 Å². The molecule has 0 aliphatic heterocycles. The van der Waals surface area contributed by atoms with Crippen molar-refractivity contribution in [3.05, 3.63) is 59.7 Å². The fourth-order valence-corrected chi connectivity index (χ4v) is 2.83. The van der Waals surface area contributed by atoms with E-state index in [1.807, 2.05) is 53.8 Å². The number of amides is 1. The molecule has 6 nitrogen and oxygen atoms in total. The van der Waals surface area contributed by atoms with Crippen LogP contribution in [0.2, 0.25) is 0 Å². The number of benzene rings is 2. The minimum Gasteiger partial charge on any atom is -0.480 e. The maximum atomic E-state index is 11.9. The van der Waals surface area contributed by atoms with Crippen LogP contribution in [0.5, 0.6) is 0 Å². The van der Waals surface area contributed by atoms with Crippen LogP contribution in [0.4, 0.5) is 4.79 Å². The Kier molecular flexibility index (Phi) is 4.12. The summed E-state index contributed by atoms with van der Waals surface area (Å²) in [6, 6.07) is 13.7. The van der Waals surface area contributed by atoms with Crippen molar-refractivity contribution < 1.29 is 25.9 Å². The molecule has 0 bridgehead atoms. The highest BCUT2D eigenvalue weighted by Crippen LogP contribution is 2.44. The van der Waals surface area contributed by atoms with Crippen molar-refractivity contribution in [2.75, 3.05) is 13.2 Å². The monoisotopic (exact) mass is 328 g/mol. The van der Waals surface area contributed by atoms with E-state index < -0.39 is 37.2 Å². The Balaban J connectivity index is 1.82. The third kappa shape index (κ3) is 2.96. The molecule has 1 unspecified atom stereocenters. The number of nitrogens with one attached hydrogen (secondary N) is 1. The lowest BCUT2D eigenvalue weighted by Crippen LogP contribution is -2.43. The molecule has 0 saturated heterocycles. The van der Waals surface area contributed by atoms with E-state index in [1.165, 1.54) is 0 Å². The van der Waals surface area contributed by atoms with E-state index in [0.29, 0.717) is 0 Å². The molecule has 6 heteroatoms. The largest absolute Gasteiger partial charge is 0.480 e. The van der Waals surface area contributed by atoms with Gasteiger partial charge in [-0.1, -0.05) is 48.5 Å². The zero-order valence-corrected chi connectivity index (χ0v) is 12.7. The Morgan fingerprint density at radius 3 is 2.17 bits per heavy atom. The topological polar surface area (TPSA) is 95.9 Å². The van der Waals surface area contributed by atoms with Gasteiger partial charge >= 0.3 is 12.1 Å². The van der Waals surface area contributed by atoms with E-state index in [0.717, 1.165) is 22.3 Å². The molecule has 1 amide bonds. The minimum atomic E-state index is -1.47. The van der Waals surface area contributed by atoms with Gasteiger partial charge in [0, 0.05) is 5.92 Å². The number of carboxylic acids is 1. The number of aliphatic hydroxyl groups excluding tert-OH is 1. The number of aliphatic hydroxyl groups is 1. The first-order valence-electron chi connectivity index (χ1n) is 8.02. The third-order valence-electron chi connectivity index (χ3n) is 3.97. The van der Waals surface area contributed by atoms with Crippen molar-refractivity contribution in [2.24, 2.45) is 0 Å². The molecule has 3 N–H and O–H groups in total. The molecule has 0 heterocycles. The Bertz CT molecular complexity index is 764. The number of carbonyl (C=O) groups excluding carboxylic acids is 1. The molecule has 24 heavy (non-hydrogen) atoms. The standard InChI is InChI=1S/C18H17NO5/c20-9-16(17(21)22)19-18(23)24-10-15-13-7-3-1-5-11(13)12-6-2-4-8-14(12)15/h1-8,15-16,20H,9-10H2,(H,19,23)(H,21,22)/t16-/m0/s1/i10D/t10?,16-. The van der Waals surface area contributed by atoms with Crippen LogP contribution in [-0.2, 0) is 9.53 Å².